The van der Waals surface area contributed by atoms with Gasteiger partial charge in [0.25, 0.3) is 0 Å². The Hall–Kier alpha value is -1.72. The largest absolute Gasteiger partial charge is 0.396 e. The number of rotatable bonds is 6. The molecule has 1 fully saturated rings. The zero-order valence-electron chi connectivity index (χ0n) is 12.1. The van der Waals surface area contributed by atoms with E-state index in [2.05, 4.69) is 20.7 Å². The van der Waals surface area contributed by atoms with Gasteiger partial charge in [-0.15, -0.1) is 0 Å². The summed E-state index contributed by atoms with van der Waals surface area (Å²) in [6.45, 7) is 1.95. The Morgan fingerprint density at radius 1 is 1.14 bits per heavy atom. The van der Waals surface area contributed by atoms with E-state index in [9.17, 15) is 5.11 Å². The second kappa shape index (κ2) is 6.83. The van der Waals surface area contributed by atoms with Crippen LogP contribution in [0.4, 0.5) is 0 Å². The van der Waals surface area contributed by atoms with Crippen molar-refractivity contribution in [3.05, 3.63) is 36.0 Å². The summed E-state index contributed by atoms with van der Waals surface area (Å²) in [5.74, 6) is 1.05. The topological polar surface area (TPSA) is 73.8 Å². The molecule has 2 unspecified atom stereocenters. The van der Waals surface area contributed by atoms with Crippen LogP contribution >= 0.6 is 0 Å². The van der Waals surface area contributed by atoms with E-state index in [1.54, 1.807) is 0 Å². The fourth-order valence-corrected chi connectivity index (χ4v) is 3.20. The van der Waals surface area contributed by atoms with Crippen molar-refractivity contribution >= 4 is 0 Å². The summed E-state index contributed by atoms with van der Waals surface area (Å²) in [5, 5.41) is 24.0. The monoisotopic (exact) mass is 286 g/mol. The van der Waals surface area contributed by atoms with Gasteiger partial charge in [-0.05, 0) is 31.2 Å². The molecule has 0 bridgehead atoms. The molecule has 1 aliphatic carbocycles. The van der Waals surface area contributed by atoms with E-state index in [0.717, 1.165) is 29.9 Å². The highest BCUT2D eigenvalue weighted by Gasteiger charge is 2.26. The summed E-state index contributed by atoms with van der Waals surface area (Å²) in [5.41, 5.74) is 2.94. The number of aliphatic hydroxyl groups is 1. The normalized spacial score (nSPS) is 21.8. The van der Waals surface area contributed by atoms with Crippen LogP contribution in [-0.2, 0) is 6.54 Å². The Kier molecular flexibility index (Phi) is 4.62. The number of hydrogen-bond donors (Lipinski definition) is 3. The Labute approximate surface area is 124 Å². The second-order valence-electron chi connectivity index (χ2n) is 5.75. The molecule has 0 radical (unpaired) electrons. The summed E-state index contributed by atoms with van der Waals surface area (Å²) in [6, 6.07) is 10.1. The highest BCUT2D eigenvalue weighted by molar-refractivity contribution is 5.60. The Morgan fingerprint density at radius 2 is 1.95 bits per heavy atom. The molecular weight excluding hydrogens is 264 g/mol. The molecule has 0 aliphatic heterocycles. The predicted molar refractivity (Wildman–Crippen MR) is 81.4 cm³/mol. The molecule has 21 heavy (non-hydrogen) atoms. The van der Waals surface area contributed by atoms with Gasteiger partial charge < -0.3 is 10.4 Å². The lowest BCUT2D eigenvalue weighted by molar-refractivity contribution is 0.192. The molecule has 1 heterocycles. The number of hydrogen-bond acceptors (Lipinski definition) is 4. The van der Waals surface area contributed by atoms with Crippen molar-refractivity contribution in [3.63, 3.8) is 0 Å². The van der Waals surface area contributed by atoms with E-state index in [1.165, 1.54) is 12.8 Å². The van der Waals surface area contributed by atoms with Crippen LogP contribution in [-0.4, -0.2) is 33.7 Å². The molecule has 5 nitrogen and oxygen atoms in total. The number of aromatic amines is 1. The maximum absolute atomic E-state index is 9.36. The van der Waals surface area contributed by atoms with Crippen LogP contribution in [0.5, 0.6) is 0 Å². The number of H-pyrrole nitrogens is 1. The maximum Gasteiger partial charge on any atom is 0.117 e. The van der Waals surface area contributed by atoms with Gasteiger partial charge in [0, 0.05) is 18.7 Å². The van der Waals surface area contributed by atoms with Crippen LogP contribution < -0.4 is 5.32 Å². The van der Waals surface area contributed by atoms with E-state index in [4.69, 9.17) is 0 Å². The summed E-state index contributed by atoms with van der Waals surface area (Å²) in [7, 11) is 0. The first-order chi connectivity index (χ1) is 10.4. The van der Waals surface area contributed by atoms with Crippen molar-refractivity contribution in [2.75, 3.05) is 13.2 Å². The molecule has 3 rings (SSSR count). The van der Waals surface area contributed by atoms with E-state index in [1.807, 2.05) is 30.3 Å². The Morgan fingerprint density at radius 3 is 2.76 bits per heavy atom. The van der Waals surface area contributed by atoms with Crippen LogP contribution in [0.25, 0.3) is 11.3 Å². The Bertz CT molecular complexity index is 554. The van der Waals surface area contributed by atoms with Gasteiger partial charge in [0.2, 0.25) is 0 Å². The van der Waals surface area contributed by atoms with Gasteiger partial charge in [-0.25, -0.2) is 0 Å². The SMILES string of the molecule is OCC1CCCC1CNCc1n[nH]nc1-c1ccccc1. The molecule has 1 saturated carbocycles. The minimum Gasteiger partial charge on any atom is -0.396 e. The predicted octanol–water partition coefficient (Wildman–Crippen LogP) is 1.97. The molecule has 3 N–H and O–H groups in total. The second-order valence-corrected chi connectivity index (χ2v) is 5.75. The fraction of sp³-hybridized carbons (Fsp3) is 0.500. The van der Waals surface area contributed by atoms with E-state index < -0.39 is 0 Å². The van der Waals surface area contributed by atoms with E-state index in [0.29, 0.717) is 25.0 Å². The van der Waals surface area contributed by atoms with Gasteiger partial charge in [0.1, 0.15) is 11.4 Å². The number of nitrogens with one attached hydrogen (secondary N) is 2. The lowest BCUT2D eigenvalue weighted by atomic mass is 9.97. The summed E-state index contributed by atoms with van der Waals surface area (Å²) >= 11 is 0. The van der Waals surface area contributed by atoms with E-state index >= 15 is 0 Å². The molecule has 112 valence electrons. The number of aliphatic hydroxyl groups excluding tert-OH is 1. The lowest BCUT2D eigenvalue weighted by Gasteiger charge is -2.17. The molecule has 0 spiro atoms. The molecule has 1 aromatic heterocycles. The van der Waals surface area contributed by atoms with Crippen molar-refractivity contribution in [2.24, 2.45) is 11.8 Å². The third kappa shape index (κ3) is 3.31. The molecule has 1 aromatic carbocycles. The smallest absolute Gasteiger partial charge is 0.117 e. The first-order valence-electron chi connectivity index (χ1n) is 7.65. The van der Waals surface area contributed by atoms with Crippen LogP contribution in [0.15, 0.2) is 30.3 Å². The van der Waals surface area contributed by atoms with Crippen LogP contribution in [0.1, 0.15) is 25.0 Å². The molecule has 0 saturated heterocycles. The number of benzene rings is 1. The van der Waals surface area contributed by atoms with Crippen LogP contribution in [0.2, 0.25) is 0 Å². The average molecular weight is 286 g/mol. The summed E-state index contributed by atoms with van der Waals surface area (Å²) < 4.78 is 0. The van der Waals surface area contributed by atoms with Crippen molar-refractivity contribution in [2.45, 2.75) is 25.8 Å². The van der Waals surface area contributed by atoms with Crippen molar-refractivity contribution in [1.29, 1.82) is 0 Å². The first-order valence-corrected chi connectivity index (χ1v) is 7.65. The zero-order chi connectivity index (χ0) is 14.5. The summed E-state index contributed by atoms with van der Waals surface area (Å²) in [4.78, 5) is 0. The van der Waals surface area contributed by atoms with Gasteiger partial charge in [-0.3, -0.25) is 0 Å². The van der Waals surface area contributed by atoms with Crippen molar-refractivity contribution in [3.8, 4) is 11.3 Å². The highest BCUT2D eigenvalue weighted by Crippen LogP contribution is 2.30. The fourth-order valence-electron chi connectivity index (χ4n) is 3.20. The molecule has 2 atom stereocenters. The first kappa shape index (κ1) is 14.2. The van der Waals surface area contributed by atoms with Crippen LogP contribution in [0.3, 0.4) is 0 Å². The minimum absolute atomic E-state index is 0.311. The molecular formula is C16H22N4O. The molecule has 0 amide bonds. The number of aromatic nitrogens is 3. The van der Waals surface area contributed by atoms with Gasteiger partial charge in [-0.2, -0.15) is 15.4 Å². The van der Waals surface area contributed by atoms with Gasteiger partial charge in [0.15, 0.2) is 0 Å². The van der Waals surface area contributed by atoms with Gasteiger partial charge >= 0.3 is 0 Å². The quantitative estimate of drug-likeness (QED) is 0.759. The van der Waals surface area contributed by atoms with Crippen LogP contribution in [0, 0.1) is 11.8 Å². The minimum atomic E-state index is 0.311. The zero-order valence-corrected chi connectivity index (χ0v) is 12.1. The van der Waals surface area contributed by atoms with Crippen molar-refractivity contribution < 1.29 is 5.11 Å². The molecule has 5 heteroatoms. The average Bonchev–Trinajstić information content (AvgIpc) is 3.17. The van der Waals surface area contributed by atoms with Gasteiger partial charge in [0.05, 0.1) is 0 Å². The maximum atomic E-state index is 9.36. The highest BCUT2D eigenvalue weighted by atomic mass is 16.3. The summed E-state index contributed by atoms with van der Waals surface area (Å²) in [6.07, 6.45) is 3.60. The van der Waals surface area contributed by atoms with Crippen molar-refractivity contribution in [1.82, 2.24) is 20.7 Å². The third-order valence-corrected chi connectivity index (χ3v) is 4.42. The Balaban J connectivity index is 1.58. The lowest BCUT2D eigenvalue weighted by Crippen LogP contribution is -2.26. The molecule has 1 aliphatic rings. The third-order valence-electron chi connectivity index (χ3n) is 4.42. The number of nitrogens with zero attached hydrogens (tertiary/aromatic N) is 2. The van der Waals surface area contributed by atoms with Gasteiger partial charge in [-0.1, -0.05) is 36.8 Å². The molecule has 2 aromatic rings. The standard InChI is InChI=1S/C16H22N4O/c21-11-14-8-4-7-13(14)9-17-10-15-16(19-20-18-15)12-5-2-1-3-6-12/h1-3,5-6,13-14,17,21H,4,7-11H2,(H,18,19,20). The van der Waals surface area contributed by atoms with E-state index in [-0.39, 0.29) is 0 Å².